The molecular weight excluding hydrogens is 216 g/mol. The average Bonchev–Trinajstić information content (AvgIpc) is 2.72. The Kier molecular flexibility index (Phi) is 3.86. The largest absolute Gasteiger partial charge is 0.454 e. The van der Waals surface area contributed by atoms with E-state index in [0.29, 0.717) is 12.8 Å². The fourth-order valence-electron chi connectivity index (χ4n) is 1.96. The van der Waals surface area contributed by atoms with Crippen LogP contribution in [0.3, 0.4) is 0 Å². The van der Waals surface area contributed by atoms with Crippen LogP contribution < -0.4 is 14.8 Å². The van der Waals surface area contributed by atoms with E-state index in [1.807, 2.05) is 12.1 Å². The van der Waals surface area contributed by atoms with Gasteiger partial charge in [0.2, 0.25) is 6.79 Å². The van der Waals surface area contributed by atoms with Gasteiger partial charge in [-0.05, 0) is 38.7 Å². The lowest BCUT2D eigenvalue weighted by atomic mass is 10.2. The quantitative estimate of drug-likeness (QED) is 0.839. The lowest BCUT2D eigenvalue weighted by Gasteiger charge is -2.18. The minimum absolute atomic E-state index is 0.337. The Balaban J connectivity index is 1.87. The molecule has 0 aliphatic carbocycles. The van der Waals surface area contributed by atoms with Gasteiger partial charge in [0, 0.05) is 19.1 Å². The van der Waals surface area contributed by atoms with Crippen molar-refractivity contribution in [1.29, 1.82) is 0 Å². The normalized spacial score (nSPS) is 15.3. The van der Waals surface area contributed by atoms with Crippen molar-refractivity contribution in [2.75, 3.05) is 27.4 Å². The van der Waals surface area contributed by atoms with E-state index in [1.54, 1.807) is 0 Å². The highest BCUT2D eigenvalue weighted by molar-refractivity contribution is 5.44. The molecule has 2 rings (SSSR count). The third kappa shape index (κ3) is 3.35. The van der Waals surface area contributed by atoms with Gasteiger partial charge in [-0.15, -0.1) is 0 Å². The van der Waals surface area contributed by atoms with Crippen LogP contribution in [0, 0.1) is 0 Å². The van der Waals surface area contributed by atoms with Gasteiger partial charge in [0.15, 0.2) is 11.5 Å². The predicted octanol–water partition coefficient (Wildman–Crippen LogP) is 1.45. The Labute approximate surface area is 103 Å². The van der Waals surface area contributed by atoms with Crippen molar-refractivity contribution in [3.8, 4) is 11.5 Å². The van der Waals surface area contributed by atoms with Gasteiger partial charge < -0.3 is 19.7 Å². The van der Waals surface area contributed by atoms with Crippen LogP contribution in [-0.4, -0.2) is 38.4 Å². The molecule has 1 aliphatic rings. The molecular formula is C13H20N2O2. The summed E-state index contributed by atoms with van der Waals surface area (Å²) in [4.78, 5) is 2.18. The van der Waals surface area contributed by atoms with E-state index in [0.717, 1.165) is 24.6 Å². The van der Waals surface area contributed by atoms with Gasteiger partial charge in [0.25, 0.3) is 0 Å². The van der Waals surface area contributed by atoms with Gasteiger partial charge in [-0.2, -0.15) is 0 Å². The highest BCUT2D eigenvalue weighted by Gasteiger charge is 2.13. The minimum atomic E-state index is 0.337. The summed E-state index contributed by atoms with van der Waals surface area (Å²) in [6.07, 6.45) is 0. The standard InChI is InChI=1S/C13H20N2O2/c1-10(8-15(2)3)14-7-11-4-5-12-13(6-11)17-9-16-12/h4-6,10,14H,7-9H2,1-3H3. The van der Waals surface area contributed by atoms with Crippen LogP contribution in [0.1, 0.15) is 12.5 Å². The van der Waals surface area contributed by atoms with Crippen molar-refractivity contribution in [3.63, 3.8) is 0 Å². The Morgan fingerprint density at radius 1 is 1.29 bits per heavy atom. The number of benzene rings is 1. The molecule has 0 saturated heterocycles. The van der Waals surface area contributed by atoms with Crippen LogP contribution in [-0.2, 0) is 6.54 Å². The number of rotatable bonds is 5. The second-order valence-corrected chi connectivity index (χ2v) is 4.73. The summed E-state index contributed by atoms with van der Waals surface area (Å²) in [5, 5.41) is 3.48. The van der Waals surface area contributed by atoms with E-state index in [9.17, 15) is 0 Å². The Morgan fingerprint density at radius 2 is 2.06 bits per heavy atom. The zero-order chi connectivity index (χ0) is 12.3. The number of ether oxygens (including phenoxy) is 2. The number of hydrogen-bond donors (Lipinski definition) is 1. The van der Waals surface area contributed by atoms with Gasteiger partial charge in [-0.1, -0.05) is 6.07 Å². The van der Waals surface area contributed by atoms with Gasteiger partial charge in [0.05, 0.1) is 0 Å². The highest BCUT2D eigenvalue weighted by atomic mass is 16.7. The molecule has 0 amide bonds. The molecule has 1 aromatic carbocycles. The summed E-state index contributed by atoms with van der Waals surface area (Å²) in [6.45, 7) is 4.41. The number of nitrogens with zero attached hydrogens (tertiary/aromatic N) is 1. The molecule has 0 aromatic heterocycles. The summed E-state index contributed by atoms with van der Waals surface area (Å²) in [6, 6.07) is 6.55. The molecule has 0 radical (unpaired) electrons. The number of nitrogens with one attached hydrogen (secondary N) is 1. The molecule has 1 aromatic rings. The average molecular weight is 236 g/mol. The fourth-order valence-corrected chi connectivity index (χ4v) is 1.96. The second kappa shape index (κ2) is 5.38. The second-order valence-electron chi connectivity index (χ2n) is 4.73. The maximum Gasteiger partial charge on any atom is 0.231 e. The maximum absolute atomic E-state index is 5.35. The summed E-state index contributed by atoms with van der Waals surface area (Å²) >= 11 is 0. The van der Waals surface area contributed by atoms with E-state index >= 15 is 0 Å². The van der Waals surface area contributed by atoms with Crippen molar-refractivity contribution >= 4 is 0 Å². The van der Waals surface area contributed by atoms with Crippen LogP contribution in [0.25, 0.3) is 0 Å². The molecule has 1 heterocycles. The van der Waals surface area contributed by atoms with E-state index in [-0.39, 0.29) is 0 Å². The van der Waals surface area contributed by atoms with E-state index in [4.69, 9.17) is 9.47 Å². The Hall–Kier alpha value is -1.26. The monoisotopic (exact) mass is 236 g/mol. The first kappa shape index (κ1) is 12.2. The molecule has 94 valence electrons. The lowest BCUT2D eigenvalue weighted by molar-refractivity contribution is 0.174. The van der Waals surface area contributed by atoms with Crippen LogP contribution in [0.2, 0.25) is 0 Å². The zero-order valence-electron chi connectivity index (χ0n) is 10.7. The zero-order valence-corrected chi connectivity index (χ0v) is 10.7. The number of likely N-dealkylation sites (N-methyl/N-ethyl adjacent to an activating group) is 1. The van der Waals surface area contributed by atoms with Crippen molar-refractivity contribution in [1.82, 2.24) is 10.2 Å². The summed E-state index contributed by atoms with van der Waals surface area (Å²) in [5.41, 5.74) is 1.22. The van der Waals surface area contributed by atoms with Gasteiger partial charge in [-0.25, -0.2) is 0 Å². The molecule has 1 atom stereocenters. The molecule has 4 nitrogen and oxygen atoms in total. The van der Waals surface area contributed by atoms with Crippen molar-refractivity contribution in [2.45, 2.75) is 19.5 Å². The predicted molar refractivity (Wildman–Crippen MR) is 67.4 cm³/mol. The van der Waals surface area contributed by atoms with Crippen molar-refractivity contribution in [2.24, 2.45) is 0 Å². The summed E-state index contributed by atoms with van der Waals surface area (Å²) in [7, 11) is 4.16. The molecule has 4 heteroatoms. The molecule has 1 aliphatic heterocycles. The number of fused-ring (bicyclic) bond motifs is 1. The molecule has 17 heavy (non-hydrogen) atoms. The third-order valence-corrected chi connectivity index (χ3v) is 2.73. The van der Waals surface area contributed by atoms with Crippen LogP contribution in [0.15, 0.2) is 18.2 Å². The summed E-state index contributed by atoms with van der Waals surface area (Å²) < 4.78 is 10.6. The minimum Gasteiger partial charge on any atom is -0.454 e. The summed E-state index contributed by atoms with van der Waals surface area (Å²) in [5.74, 6) is 1.69. The van der Waals surface area contributed by atoms with Crippen LogP contribution in [0.5, 0.6) is 11.5 Å². The van der Waals surface area contributed by atoms with Crippen LogP contribution in [0.4, 0.5) is 0 Å². The first-order valence-electron chi connectivity index (χ1n) is 5.92. The van der Waals surface area contributed by atoms with E-state index < -0.39 is 0 Å². The molecule has 1 N–H and O–H groups in total. The Morgan fingerprint density at radius 3 is 2.82 bits per heavy atom. The van der Waals surface area contributed by atoms with Crippen LogP contribution >= 0.6 is 0 Å². The van der Waals surface area contributed by atoms with Gasteiger partial charge in [-0.3, -0.25) is 0 Å². The molecule has 1 unspecified atom stereocenters. The number of hydrogen-bond acceptors (Lipinski definition) is 4. The first-order valence-corrected chi connectivity index (χ1v) is 5.92. The van der Waals surface area contributed by atoms with E-state index in [2.05, 4.69) is 37.3 Å². The third-order valence-electron chi connectivity index (χ3n) is 2.73. The molecule has 0 spiro atoms. The van der Waals surface area contributed by atoms with Crippen molar-refractivity contribution < 1.29 is 9.47 Å². The molecule has 0 bridgehead atoms. The van der Waals surface area contributed by atoms with E-state index in [1.165, 1.54) is 5.56 Å². The molecule has 0 saturated carbocycles. The topological polar surface area (TPSA) is 33.7 Å². The lowest BCUT2D eigenvalue weighted by Crippen LogP contribution is -2.35. The Bertz CT molecular complexity index is 380. The molecule has 0 fully saturated rings. The first-order chi connectivity index (χ1) is 8.15. The maximum atomic E-state index is 5.35. The highest BCUT2D eigenvalue weighted by Crippen LogP contribution is 2.32. The van der Waals surface area contributed by atoms with Gasteiger partial charge >= 0.3 is 0 Å². The smallest absolute Gasteiger partial charge is 0.231 e. The SMILES string of the molecule is CC(CN(C)C)NCc1ccc2c(c1)OCO2. The fraction of sp³-hybridized carbons (Fsp3) is 0.538. The van der Waals surface area contributed by atoms with Crippen molar-refractivity contribution in [3.05, 3.63) is 23.8 Å². The van der Waals surface area contributed by atoms with Gasteiger partial charge in [0.1, 0.15) is 0 Å².